The number of aryl methyl sites for hydroxylation is 1. The molecule has 0 aliphatic rings. The quantitative estimate of drug-likeness (QED) is 0.515. The van der Waals surface area contributed by atoms with E-state index in [2.05, 4.69) is 20.5 Å². The van der Waals surface area contributed by atoms with Crippen LogP contribution in [-0.2, 0) is 11.8 Å². The molecule has 3 aromatic heterocycles. The van der Waals surface area contributed by atoms with Crippen LogP contribution in [0, 0.1) is 0 Å². The number of rotatable bonds is 5. The number of thioether (sulfide) groups is 1. The maximum Gasteiger partial charge on any atom is 0.277 e. The number of nitrogens with one attached hydrogen (secondary N) is 2. The summed E-state index contributed by atoms with van der Waals surface area (Å²) >= 11 is 1.07. The zero-order chi connectivity index (χ0) is 18.8. The molecule has 1 aromatic carbocycles. The molecule has 0 saturated carbocycles. The first kappa shape index (κ1) is 17.1. The number of hydrogen-bond donors (Lipinski definition) is 2. The van der Waals surface area contributed by atoms with Crippen molar-refractivity contribution < 1.29 is 14.0 Å². The van der Waals surface area contributed by atoms with Crippen LogP contribution in [0.2, 0.25) is 0 Å². The predicted molar refractivity (Wildman–Crippen MR) is 100 cm³/mol. The Hall–Kier alpha value is -3.33. The average molecular weight is 381 g/mol. The zero-order valence-electron chi connectivity index (χ0n) is 14.3. The third-order valence-corrected chi connectivity index (χ3v) is 4.80. The van der Waals surface area contributed by atoms with Gasteiger partial charge in [-0.1, -0.05) is 30.0 Å². The molecule has 0 radical (unpaired) electrons. The van der Waals surface area contributed by atoms with E-state index in [0.29, 0.717) is 11.6 Å². The summed E-state index contributed by atoms with van der Waals surface area (Å²) in [5.74, 6) is -0.516. The number of aromatic amines is 1. The van der Waals surface area contributed by atoms with Gasteiger partial charge in [-0.15, -0.1) is 10.2 Å². The van der Waals surface area contributed by atoms with Crippen LogP contribution >= 0.6 is 11.8 Å². The van der Waals surface area contributed by atoms with Gasteiger partial charge in [-0.3, -0.25) is 14.9 Å². The van der Waals surface area contributed by atoms with Crippen molar-refractivity contribution in [2.75, 3.05) is 5.75 Å². The van der Waals surface area contributed by atoms with E-state index in [9.17, 15) is 9.59 Å². The Bertz CT molecular complexity index is 1130. The van der Waals surface area contributed by atoms with Crippen LogP contribution in [-0.4, -0.2) is 37.3 Å². The molecule has 4 rings (SSSR count). The van der Waals surface area contributed by atoms with E-state index in [0.717, 1.165) is 28.2 Å². The van der Waals surface area contributed by atoms with Gasteiger partial charge < -0.3 is 14.0 Å². The molecule has 3 heterocycles. The van der Waals surface area contributed by atoms with Gasteiger partial charge in [0.15, 0.2) is 0 Å². The summed E-state index contributed by atoms with van der Waals surface area (Å²) in [7, 11) is 1.73. The molecule has 9 heteroatoms. The molecular formula is C18H15N5O3S. The number of imide groups is 1. The number of H-pyrrole nitrogens is 1. The van der Waals surface area contributed by atoms with Crippen LogP contribution in [0.15, 0.2) is 58.4 Å². The molecule has 0 bridgehead atoms. The van der Waals surface area contributed by atoms with Gasteiger partial charge in [-0.05, 0) is 18.2 Å². The lowest BCUT2D eigenvalue weighted by Gasteiger charge is -2.03. The second-order valence-electron chi connectivity index (χ2n) is 5.79. The molecule has 0 spiro atoms. The lowest BCUT2D eigenvalue weighted by Crippen LogP contribution is -2.32. The minimum atomic E-state index is -0.446. The highest BCUT2D eigenvalue weighted by Gasteiger charge is 2.16. The van der Waals surface area contributed by atoms with Crippen LogP contribution < -0.4 is 5.32 Å². The van der Waals surface area contributed by atoms with Crippen LogP contribution in [0.25, 0.3) is 22.4 Å². The Morgan fingerprint density at radius 3 is 2.89 bits per heavy atom. The fraction of sp³-hybridized carbons (Fsp3) is 0.111. The summed E-state index contributed by atoms with van der Waals surface area (Å²) in [6.07, 6.45) is 3.54. The minimum absolute atomic E-state index is 0.00825. The van der Waals surface area contributed by atoms with Crippen molar-refractivity contribution >= 4 is 34.5 Å². The van der Waals surface area contributed by atoms with Crippen molar-refractivity contribution in [3.8, 4) is 11.5 Å². The first-order valence-electron chi connectivity index (χ1n) is 8.10. The lowest BCUT2D eigenvalue weighted by atomic mass is 10.2. The summed E-state index contributed by atoms with van der Waals surface area (Å²) < 4.78 is 7.27. The number of carbonyl (C=O) groups is 2. The molecule has 0 atom stereocenters. The number of hydrogen-bond acceptors (Lipinski definition) is 6. The normalized spacial score (nSPS) is 11.0. The Balaban J connectivity index is 1.39. The van der Waals surface area contributed by atoms with Crippen LogP contribution in [0.4, 0.5) is 0 Å². The van der Waals surface area contributed by atoms with Crippen LogP contribution in [0.1, 0.15) is 10.5 Å². The number of amides is 2. The van der Waals surface area contributed by atoms with E-state index < -0.39 is 11.8 Å². The first-order valence-corrected chi connectivity index (χ1v) is 9.08. The van der Waals surface area contributed by atoms with Crippen molar-refractivity contribution in [3.05, 3.63) is 54.5 Å². The summed E-state index contributed by atoms with van der Waals surface area (Å²) in [5, 5.41) is 11.6. The fourth-order valence-corrected chi connectivity index (χ4v) is 3.24. The SMILES string of the molecule is Cn1cccc1C(=O)NC(=O)CSc1nnc(-c2c[nH]c3ccccc23)o1. The van der Waals surface area contributed by atoms with Gasteiger partial charge in [-0.2, -0.15) is 0 Å². The molecular weight excluding hydrogens is 366 g/mol. The Morgan fingerprint density at radius 1 is 1.22 bits per heavy atom. The summed E-state index contributed by atoms with van der Waals surface area (Å²) in [4.78, 5) is 27.1. The highest BCUT2D eigenvalue weighted by Crippen LogP contribution is 2.29. The largest absolute Gasteiger partial charge is 0.411 e. The van der Waals surface area contributed by atoms with E-state index in [1.807, 2.05) is 24.3 Å². The number of fused-ring (bicyclic) bond motifs is 1. The van der Waals surface area contributed by atoms with Gasteiger partial charge >= 0.3 is 0 Å². The highest BCUT2D eigenvalue weighted by molar-refractivity contribution is 7.99. The van der Waals surface area contributed by atoms with E-state index >= 15 is 0 Å². The molecule has 8 nitrogen and oxygen atoms in total. The fourth-order valence-electron chi connectivity index (χ4n) is 2.68. The summed E-state index contributed by atoms with van der Waals surface area (Å²) in [5.41, 5.74) is 2.18. The third-order valence-electron chi connectivity index (χ3n) is 3.98. The van der Waals surface area contributed by atoms with Crippen molar-refractivity contribution in [1.82, 2.24) is 25.1 Å². The highest BCUT2D eigenvalue weighted by atomic mass is 32.2. The van der Waals surface area contributed by atoms with Gasteiger partial charge in [0.1, 0.15) is 5.69 Å². The molecule has 136 valence electrons. The molecule has 2 amide bonds. The van der Waals surface area contributed by atoms with E-state index in [-0.39, 0.29) is 11.0 Å². The van der Waals surface area contributed by atoms with Crippen LogP contribution in [0.3, 0.4) is 0 Å². The Morgan fingerprint density at radius 2 is 2.07 bits per heavy atom. The van der Waals surface area contributed by atoms with Gasteiger partial charge in [0, 0.05) is 30.3 Å². The van der Waals surface area contributed by atoms with Crippen LogP contribution in [0.5, 0.6) is 0 Å². The summed E-state index contributed by atoms with van der Waals surface area (Å²) in [6.45, 7) is 0. The smallest absolute Gasteiger partial charge is 0.277 e. The molecule has 0 unspecified atom stereocenters. The second-order valence-corrected chi connectivity index (χ2v) is 6.72. The minimum Gasteiger partial charge on any atom is -0.411 e. The van der Waals surface area contributed by atoms with Crippen molar-refractivity contribution in [3.63, 3.8) is 0 Å². The molecule has 0 aliphatic carbocycles. The number of carbonyl (C=O) groups excluding carboxylic acids is 2. The predicted octanol–water partition coefficient (Wildman–Crippen LogP) is 2.61. The second kappa shape index (κ2) is 7.12. The number of benzene rings is 1. The Labute approximate surface area is 158 Å². The zero-order valence-corrected chi connectivity index (χ0v) is 15.1. The van der Waals surface area contributed by atoms with E-state index in [1.165, 1.54) is 0 Å². The maximum absolute atomic E-state index is 12.0. The average Bonchev–Trinajstić information content (AvgIpc) is 3.38. The molecule has 27 heavy (non-hydrogen) atoms. The topological polar surface area (TPSA) is 106 Å². The van der Waals surface area contributed by atoms with Gasteiger partial charge in [0.05, 0.1) is 11.3 Å². The van der Waals surface area contributed by atoms with Crippen molar-refractivity contribution in [2.24, 2.45) is 7.05 Å². The van der Waals surface area contributed by atoms with Gasteiger partial charge in [0.2, 0.25) is 5.91 Å². The van der Waals surface area contributed by atoms with Crippen molar-refractivity contribution in [2.45, 2.75) is 5.22 Å². The Kier molecular flexibility index (Phi) is 4.51. The maximum atomic E-state index is 12.0. The molecule has 2 N–H and O–H groups in total. The number of para-hydroxylation sites is 1. The molecule has 0 aliphatic heterocycles. The van der Waals surface area contributed by atoms with Gasteiger partial charge in [-0.25, -0.2) is 0 Å². The molecule has 4 aromatic rings. The van der Waals surface area contributed by atoms with E-state index in [4.69, 9.17) is 4.42 Å². The monoisotopic (exact) mass is 381 g/mol. The molecule has 0 fully saturated rings. The van der Waals surface area contributed by atoms with Gasteiger partial charge in [0.25, 0.3) is 17.0 Å². The standard InChI is InChI=1S/C18H15N5O3S/c1-23-8-4-7-14(23)16(25)20-15(24)10-27-18-22-21-17(26-18)12-9-19-13-6-3-2-5-11(12)13/h2-9,19H,10H2,1H3,(H,20,24,25). The summed E-state index contributed by atoms with van der Waals surface area (Å²) in [6, 6.07) is 11.2. The van der Waals surface area contributed by atoms with E-state index in [1.54, 1.807) is 36.1 Å². The number of nitrogens with zero attached hydrogens (tertiary/aromatic N) is 3. The third kappa shape index (κ3) is 3.49. The number of aromatic nitrogens is 4. The molecule has 0 saturated heterocycles. The van der Waals surface area contributed by atoms with Crippen molar-refractivity contribution in [1.29, 1.82) is 0 Å². The lowest BCUT2D eigenvalue weighted by molar-refractivity contribution is -0.117. The first-order chi connectivity index (χ1) is 13.1.